The SMILES string of the molecule is NC(CCC1CC1)(c1ccc(F)c(NC=O)c1)c1ccccn1. The minimum absolute atomic E-state index is 0.134. The van der Waals surface area contributed by atoms with Crippen molar-refractivity contribution in [3.63, 3.8) is 0 Å². The van der Waals surface area contributed by atoms with Crippen LogP contribution in [0.5, 0.6) is 0 Å². The zero-order valence-corrected chi connectivity index (χ0v) is 12.8. The van der Waals surface area contributed by atoms with E-state index in [4.69, 9.17) is 5.73 Å². The monoisotopic (exact) mass is 313 g/mol. The van der Waals surface area contributed by atoms with Gasteiger partial charge in [0.1, 0.15) is 5.82 Å². The lowest BCUT2D eigenvalue weighted by atomic mass is 9.82. The summed E-state index contributed by atoms with van der Waals surface area (Å²) < 4.78 is 13.8. The maximum atomic E-state index is 13.8. The standard InChI is InChI=1S/C18H20FN3O/c19-15-7-6-14(11-16(15)22-12-23)18(20,9-8-13-4-5-13)17-3-1-2-10-21-17/h1-3,6-7,10-13H,4-5,8-9,20H2,(H,22,23). The molecule has 0 aliphatic heterocycles. The van der Waals surface area contributed by atoms with Crippen molar-refractivity contribution in [3.05, 3.63) is 59.7 Å². The van der Waals surface area contributed by atoms with Crippen LogP contribution in [0.4, 0.5) is 10.1 Å². The van der Waals surface area contributed by atoms with Gasteiger partial charge >= 0.3 is 0 Å². The number of nitrogens with two attached hydrogens (primary N) is 1. The molecule has 1 unspecified atom stereocenters. The van der Waals surface area contributed by atoms with Crippen LogP contribution in [0.15, 0.2) is 42.6 Å². The van der Waals surface area contributed by atoms with Crippen LogP contribution in [0, 0.1) is 11.7 Å². The number of anilines is 1. The fourth-order valence-corrected chi connectivity index (χ4v) is 2.86. The summed E-state index contributed by atoms with van der Waals surface area (Å²) in [5, 5.41) is 2.39. The number of carbonyl (C=O) groups excluding carboxylic acids is 1. The van der Waals surface area contributed by atoms with Gasteiger partial charge in [0.05, 0.1) is 16.9 Å². The number of benzene rings is 1. The van der Waals surface area contributed by atoms with Gasteiger partial charge in [0.2, 0.25) is 6.41 Å². The number of nitrogens with zero attached hydrogens (tertiary/aromatic N) is 1. The Hall–Kier alpha value is -2.27. The van der Waals surface area contributed by atoms with Crippen molar-refractivity contribution in [2.75, 3.05) is 5.32 Å². The van der Waals surface area contributed by atoms with Gasteiger partial charge in [0, 0.05) is 6.20 Å². The lowest BCUT2D eigenvalue weighted by Crippen LogP contribution is -2.39. The number of pyridine rings is 1. The number of hydrogen-bond donors (Lipinski definition) is 2. The summed E-state index contributed by atoms with van der Waals surface area (Å²) in [5.41, 5.74) is 7.58. The molecule has 1 atom stereocenters. The summed E-state index contributed by atoms with van der Waals surface area (Å²) in [4.78, 5) is 15.1. The Bertz CT molecular complexity index is 688. The summed E-state index contributed by atoms with van der Waals surface area (Å²) in [7, 11) is 0. The molecule has 0 spiro atoms. The highest BCUT2D eigenvalue weighted by atomic mass is 19.1. The lowest BCUT2D eigenvalue weighted by molar-refractivity contribution is -0.105. The number of halogens is 1. The van der Waals surface area contributed by atoms with E-state index in [-0.39, 0.29) is 5.69 Å². The average molecular weight is 313 g/mol. The summed E-state index contributed by atoms with van der Waals surface area (Å²) in [6, 6.07) is 10.2. The molecule has 3 N–H and O–H groups in total. The highest BCUT2D eigenvalue weighted by Crippen LogP contribution is 2.39. The summed E-state index contributed by atoms with van der Waals surface area (Å²) in [6.45, 7) is 0. The van der Waals surface area contributed by atoms with Crippen LogP contribution in [0.25, 0.3) is 0 Å². The molecule has 1 saturated carbocycles. The molecule has 4 nitrogen and oxygen atoms in total. The van der Waals surface area contributed by atoms with Crippen LogP contribution in [0.3, 0.4) is 0 Å². The van der Waals surface area contributed by atoms with E-state index in [1.165, 1.54) is 18.9 Å². The largest absolute Gasteiger partial charge is 0.326 e. The minimum atomic E-state index is -0.795. The van der Waals surface area contributed by atoms with E-state index in [1.807, 2.05) is 18.2 Å². The molecule has 1 aromatic carbocycles. The van der Waals surface area contributed by atoms with E-state index in [1.54, 1.807) is 18.3 Å². The quantitative estimate of drug-likeness (QED) is 0.771. The van der Waals surface area contributed by atoms with Crippen molar-refractivity contribution < 1.29 is 9.18 Å². The molecule has 23 heavy (non-hydrogen) atoms. The predicted molar refractivity (Wildman–Crippen MR) is 87.2 cm³/mol. The number of nitrogens with one attached hydrogen (secondary N) is 1. The van der Waals surface area contributed by atoms with Crippen LogP contribution in [0.2, 0.25) is 0 Å². The summed E-state index contributed by atoms with van der Waals surface area (Å²) in [6.07, 6.45) is 6.43. The van der Waals surface area contributed by atoms with Crippen molar-refractivity contribution in [1.82, 2.24) is 4.98 Å². The second kappa shape index (κ2) is 6.46. The van der Waals surface area contributed by atoms with Crippen molar-refractivity contribution in [2.24, 2.45) is 11.7 Å². The number of amides is 1. The first-order valence-electron chi connectivity index (χ1n) is 7.84. The van der Waals surface area contributed by atoms with Crippen molar-refractivity contribution >= 4 is 12.1 Å². The first-order valence-corrected chi connectivity index (χ1v) is 7.84. The molecule has 1 aliphatic rings. The van der Waals surface area contributed by atoms with Gasteiger partial charge in [-0.25, -0.2) is 4.39 Å². The van der Waals surface area contributed by atoms with Gasteiger partial charge in [0.15, 0.2) is 0 Å². The normalized spacial score (nSPS) is 16.6. The smallest absolute Gasteiger partial charge is 0.211 e. The lowest BCUT2D eigenvalue weighted by Gasteiger charge is -2.30. The van der Waals surface area contributed by atoms with E-state index in [0.29, 0.717) is 6.41 Å². The van der Waals surface area contributed by atoms with Crippen molar-refractivity contribution in [2.45, 2.75) is 31.2 Å². The maximum Gasteiger partial charge on any atom is 0.211 e. The Morgan fingerprint density at radius 1 is 1.35 bits per heavy atom. The van der Waals surface area contributed by atoms with Gasteiger partial charge in [0.25, 0.3) is 0 Å². The zero-order valence-electron chi connectivity index (χ0n) is 12.8. The first kappa shape index (κ1) is 15.6. The average Bonchev–Trinajstić information content (AvgIpc) is 3.40. The molecule has 2 aromatic rings. The predicted octanol–water partition coefficient (Wildman–Crippen LogP) is 3.18. The van der Waals surface area contributed by atoms with E-state index in [2.05, 4.69) is 10.3 Å². The van der Waals surface area contributed by atoms with Crippen LogP contribution in [-0.2, 0) is 10.3 Å². The molecule has 120 valence electrons. The third kappa shape index (κ3) is 3.40. The Morgan fingerprint density at radius 3 is 2.83 bits per heavy atom. The molecule has 3 rings (SSSR count). The fourth-order valence-electron chi connectivity index (χ4n) is 2.86. The number of hydrogen-bond acceptors (Lipinski definition) is 3. The molecule has 0 saturated heterocycles. The van der Waals surface area contributed by atoms with Crippen LogP contribution >= 0.6 is 0 Å². The zero-order chi connectivity index (χ0) is 16.3. The van der Waals surface area contributed by atoms with Crippen molar-refractivity contribution in [3.8, 4) is 0 Å². The Labute approximate surface area is 134 Å². The Balaban J connectivity index is 2.00. The number of rotatable bonds is 7. The third-order valence-electron chi connectivity index (χ3n) is 4.46. The second-order valence-corrected chi connectivity index (χ2v) is 6.13. The Morgan fingerprint density at radius 2 is 2.17 bits per heavy atom. The van der Waals surface area contributed by atoms with Crippen molar-refractivity contribution in [1.29, 1.82) is 0 Å². The molecule has 0 bridgehead atoms. The van der Waals surface area contributed by atoms with Gasteiger partial charge in [-0.15, -0.1) is 0 Å². The second-order valence-electron chi connectivity index (χ2n) is 6.13. The molecule has 1 fully saturated rings. The molecule has 1 aliphatic carbocycles. The van der Waals surface area contributed by atoms with E-state index in [0.717, 1.165) is 30.0 Å². The molecular formula is C18H20FN3O. The summed E-state index contributed by atoms with van der Waals surface area (Å²) >= 11 is 0. The van der Waals surface area contributed by atoms with Gasteiger partial charge in [-0.05, 0) is 48.6 Å². The fraction of sp³-hybridized carbons (Fsp3) is 0.333. The molecular weight excluding hydrogens is 293 g/mol. The molecule has 1 aromatic heterocycles. The van der Waals surface area contributed by atoms with Gasteiger partial charge in [-0.1, -0.05) is 25.0 Å². The van der Waals surface area contributed by atoms with E-state index >= 15 is 0 Å². The third-order valence-corrected chi connectivity index (χ3v) is 4.46. The molecule has 0 radical (unpaired) electrons. The van der Waals surface area contributed by atoms with Gasteiger partial charge in [-0.2, -0.15) is 0 Å². The minimum Gasteiger partial charge on any atom is -0.326 e. The molecule has 1 amide bonds. The molecule has 1 heterocycles. The highest BCUT2D eigenvalue weighted by Gasteiger charge is 2.34. The maximum absolute atomic E-state index is 13.8. The number of aromatic nitrogens is 1. The van der Waals surface area contributed by atoms with Gasteiger partial charge in [-0.3, -0.25) is 9.78 Å². The molecule has 5 heteroatoms. The topological polar surface area (TPSA) is 68.0 Å². The first-order chi connectivity index (χ1) is 11.1. The van der Waals surface area contributed by atoms with Crippen LogP contribution < -0.4 is 11.1 Å². The number of carbonyl (C=O) groups is 1. The van der Waals surface area contributed by atoms with Gasteiger partial charge < -0.3 is 11.1 Å². The van der Waals surface area contributed by atoms with Crippen LogP contribution in [0.1, 0.15) is 36.9 Å². The summed E-state index contributed by atoms with van der Waals surface area (Å²) in [5.74, 6) is 0.251. The van der Waals surface area contributed by atoms with Crippen LogP contribution in [-0.4, -0.2) is 11.4 Å². The highest BCUT2D eigenvalue weighted by molar-refractivity contribution is 5.72. The van der Waals surface area contributed by atoms with E-state index < -0.39 is 11.4 Å². The Kier molecular flexibility index (Phi) is 4.39. The van der Waals surface area contributed by atoms with E-state index in [9.17, 15) is 9.18 Å².